The molecule has 0 rings (SSSR count). The summed E-state index contributed by atoms with van der Waals surface area (Å²) in [6, 6.07) is 0. The highest BCUT2D eigenvalue weighted by Crippen LogP contribution is 2.17. The minimum absolute atomic E-state index is 0.0759. The topological polar surface area (TPSA) is 78.9 Å². The number of unbranched alkanes of at least 4 members (excludes halogenated alkanes) is 42. The Hall–Kier alpha value is -2.89. The van der Waals surface area contributed by atoms with Gasteiger partial charge in [-0.15, -0.1) is 0 Å². The van der Waals surface area contributed by atoms with Gasteiger partial charge < -0.3 is 14.2 Å². The molecule has 454 valence electrons. The number of ether oxygens (including phenoxy) is 3. The van der Waals surface area contributed by atoms with Gasteiger partial charge in [0, 0.05) is 19.3 Å². The van der Waals surface area contributed by atoms with Gasteiger partial charge in [-0.3, -0.25) is 14.4 Å². The van der Waals surface area contributed by atoms with E-state index in [1.54, 1.807) is 0 Å². The molecule has 0 bridgehead atoms. The minimum atomic E-state index is -0.780. The normalized spacial score (nSPS) is 12.4. The van der Waals surface area contributed by atoms with Gasteiger partial charge in [0.1, 0.15) is 13.2 Å². The van der Waals surface area contributed by atoms with Crippen molar-refractivity contribution in [3.8, 4) is 0 Å². The van der Waals surface area contributed by atoms with E-state index in [1.807, 2.05) is 0 Å². The van der Waals surface area contributed by atoms with Gasteiger partial charge in [-0.05, 0) is 109 Å². The van der Waals surface area contributed by atoms with E-state index in [2.05, 4.69) is 81.5 Å². The second-order valence-electron chi connectivity index (χ2n) is 23.1. The Morgan fingerprint density at radius 3 is 0.744 bits per heavy atom. The molecule has 0 saturated carbocycles. The van der Waals surface area contributed by atoms with Gasteiger partial charge in [-0.1, -0.05) is 293 Å². The van der Waals surface area contributed by atoms with Crippen LogP contribution in [0.15, 0.2) is 60.8 Å². The first-order chi connectivity index (χ1) is 38.5. The van der Waals surface area contributed by atoms with Crippen LogP contribution in [-0.2, 0) is 28.6 Å². The van der Waals surface area contributed by atoms with Crippen molar-refractivity contribution in [2.45, 2.75) is 367 Å². The number of carbonyl (C=O) groups is 3. The smallest absolute Gasteiger partial charge is 0.306 e. The van der Waals surface area contributed by atoms with Gasteiger partial charge in [0.2, 0.25) is 0 Å². The van der Waals surface area contributed by atoms with Gasteiger partial charge in [0.15, 0.2) is 6.10 Å². The maximum Gasteiger partial charge on any atom is 0.306 e. The van der Waals surface area contributed by atoms with Gasteiger partial charge in [0.05, 0.1) is 0 Å². The molecular weight excluding hydrogens is 961 g/mol. The van der Waals surface area contributed by atoms with Crippen LogP contribution >= 0.6 is 0 Å². The molecule has 0 N–H and O–H groups in total. The molecule has 0 fully saturated rings. The molecule has 0 amide bonds. The summed E-state index contributed by atoms with van der Waals surface area (Å²) in [6.07, 6.45) is 85.3. The van der Waals surface area contributed by atoms with Gasteiger partial charge in [-0.2, -0.15) is 0 Å². The lowest BCUT2D eigenvalue weighted by atomic mass is 10.0. The minimum Gasteiger partial charge on any atom is -0.462 e. The molecule has 0 aromatic rings. The molecule has 1 unspecified atom stereocenters. The summed E-state index contributed by atoms with van der Waals surface area (Å²) >= 11 is 0. The molecule has 0 aromatic heterocycles. The quantitative estimate of drug-likeness (QED) is 0.0261. The molecule has 6 nitrogen and oxygen atoms in total. The maximum absolute atomic E-state index is 12.9. The third-order valence-electron chi connectivity index (χ3n) is 15.2. The Morgan fingerprint density at radius 1 is 0.256 bits per heavy atom. The van der Waals surface area contributed by atoms with Crippen molar-refractivity contribution in [2.24, 2.45) is 0 Å². The SMILES string of the molecule is CCCCC/C=C\CCCCCCCC(=O)OCC(COC(=O)CCCCCCCCCCCCCCCCC/C=C\C/C=C\CCCCCCC)OC(=O)CCCCCCCCCCC/C=C\C/C=C\CCCCCCC. The number of allylic oxidation sites excluding steroid dienone is 10. The summed E-state index contributed by atoms with van der Waals surface area (Å²) in [5.41, 5.74) is 0. The zero-order chi connectivity index (χ0) is 56.4. The average Bonchev–Trinajstić information content (AvgIpc) is 3.44. The van der Waals surface area contributed by atoms with Crippen LogP contribution in [0.4, 0.5) is 0 Å². The lowest BCUT2D eigenvalue weighted by Crippen LogP contribution is -2.30. The number of rotatable bonds is 63. The first-order valence-corrected chi connectivity index (χ1v) is 34.3. The zero-order valence-corrected chi connectivity index (χ0v) is 52.2. The highest BCUT2D eigenvalue weighted by Gasteiger charge is 2.19. The van der Waals surface area contributed by atoms with Gasteiger partial charge in [0.25, 0.3) is 0 Å². The maximum atomic E-state index is 12.9. The standard InChI is InChI=1S/C72H130O6/c1-4-7-10-13-16-19-22-25-27-29-31-33-34-35-36-37-38-40-41-43-45-47-50-53-56-59-62-65-71(74)77-68-69(67-76-70(73)64-61-58-55-52-49-24-21-18-15-12-9-6-3)78-72(75)66-63-60-57-54-51-48-46-44-42-39-32-30-28-26-23-20-17-14-11-8-5-2/h18,21-23,25-26,29-32,69H,4-17,19-20,24,27-28,33-68H2,1-3H3/b21-18-,25-22-,26-23-,31-29-,32-30-. The number of carbonyl (C=O) groups excluding carboxylic acids is 3. The van der Waals surface area contributed by atoms with Crippen molar-refractivity contribution in [3.63, 3.8) is 0 Å². The van der Waals surface area contributed by atoms with E-state index in [1.165, 1.54) is 244 Å². The van der Waals surface area contributed by atoms with Gasteiger partial charge >= 0.3 is 17.9 Å². The van der Waals surface area contributed by atoms with E-state index >= 15 is 0 Å². The predicted molar refractivity (Wildman–Crippen MR) is 339 cm³/mol. The highest BCUT2D eigenvalue weighted by atomic mass is 16.6. The Morgan fingerprint density at radius 2 is 0.462 bits per heavy atom. The van der Waals surface area contributed by atoms with E-state index in [0.29, 0.717) is 19.3 Å². The Balaban J connectivity index is 4.23. The summed E-state index contributed by atoms with van der Waals surface area (Å²) in [4.78, 5) is 38.3. The van der Waals surface area contributed by atoms with E-state index in [0.717, 1.165) is 77.0 Å². The number of hydrogen-bond donors (Lipinski definition) is 0. The fourth-order valence-corrected chi connectivity index (χ4v) is 10.0. The van der Waals surface area contributed by atoms with Crippen molar-refractivity contribution >= 4 is 17.9 Å². The van der Waals surface area contributed by atoms with E-state index in [9.17, 15) is 14.4 Å². The van der Waals surface area contributed by atoms with Crippen LogP contribution in [0.2, 0.25) is 0 Å². The molecule has 1 atom stereocenters. The van der Waals surface area contributed by atoms with E-state index in [4.69, 9.17) is 14.2 Å². The first kappa shape index (κ1) is 75.1. The van der Waals surface area contributed by atoms with Crippen molar-refractivity contribution in [1.29, 1.82) is 0 Å². The monoisotopic (exact) mass is 1090 g/mol. The molecule has 78 heavy (non-hydrogen) atoms. The predicted octanol–water partition coefficient (Wildman–Crippen LogP) is 23.5. The Bertz CT molecular complexity index is 1390. The summed E-state index contributed by atoms with van der Waals surface area (Å²) in [5.74, 6) is -0.870. The third-order valence-corrected chi connectivity index (χ3v) is 15.2. The molecule has 0 aromatic carbocycles. The molecule has 0 radical (unpaired) electrons. The Kier molecular flexibility index (Phi) is 64.2. The van der Waals surface area contributed by atoms with Crippen LogP contribution in [0.1, 0.15) is 361 Å². The van der Waals surface area contributed by atoms with Crippen molar-refractivity contribution in [1.82, 2.24) is 0 Å². The molecule has 0 heterocycles. The van der Waals surface area contributed by atoms with Crippen LogP contribution < -0.4 is 0 Å². The fraction of sp³-hybridized carbons (Fsp3) is 0.819. The second-order valence-corrected chi connectivity index (χ2v) is 23.1. The van der Waals surface area contributed by atoms with Gasteiger partial charge in [-0.25, -0.2) is 0 Å². The summed E-state index contributed by atoms with van der Waals surface area (Å²) in [5, 5.41) is 0. The van der Waals surface area contributed by atoms with Crippen LogP contribution in [0.25, 0.3) is 0 Å². The molecule has 0 saturated heterocycles. The number of esters is 3. The summed E-state index contributed by atoms with van der Waals surface area (Å²) < 4.78 is 16.9. The molecular formula is C72H130O6. The first-order valence-electron chi connectivity index (χ1n) is 34.3. The summed E-state index contributed by atoms with van der Waals surface area (Å²) in [7, 11) is 0. The van der Waals surface area contributed by atoms with Crippen molar-refractivity contribution in [2.75, 3.05) is 13.2 Å². The van der Waals surface area contributed by atoms with Crippen LogP contribution in [-0.4, -0.2) is 37.2 Å². The Labute approximate surface area is 485 Å². The van der Waals surface area contributed by atoms with E-state index in [-0.39, 0.29) is 31.1 Å². The van der Waals surface area contributed by atoms with Crippen molar-refractivity contribution in [3.05, 3.63) is 60.8 Å². The summed E-state index contributed by atoms with van der Waals surface area (Å²) in [6.45, 7) is 6.63. The lowest BCUT2D eigenvalue weighted by molar-refractivity contribution is -0.167. The van der Waals surface area contributed by atoms with Crippen LogP contribution in [0.5, 0.6) is 0 Å². The number of hydrogen-bond acceptors (Lipinski definition) is 6. The molecule has 0 aliphatic rings. The molecule has 0 aliphatic heterocycles. The third kappa shape index (κ3) is 63.9. The van der Waals surface area contributed by atoms with Crippen LogP contribution in [0.3, 0.4) is 0 Å². The van der Waals surface area contributed by atoms with Crippen molar-refractivity contribution < 1.29 is 28.6 Å². The van der Waals surface area contributed by atoms with E-state index < -0.39 is 6.10 Å². The zero-order valence-electron chi connectivity index (χ0n) is 52.2. The average molecular weight is 1090 g/mol. The highest BCUT2D eigenvalue weighted by molar-refractivity contribution is 5.71. The molecule has 0 aliphatic carbocycles. The van der Waals surface area contributed by atoms with Crippen LogP contribution in [0, 0.1) is 0 Å². The lowest BCUT2D eigenvalue weighted by Gasteiger charge is -2.18. The molecule has 6 heteroatoms. The largest absolute Gasteiger partial charge is 0.462 e. The fourth-order valence-electron chi connectivity index (χ4n) is 10.0. The second kappa shape index (κ2) is 66.6. The molecule has 0 spiro atoms.